The molecule has 67 heavy (non-hydrogen) atoms. The van der Waals surface area contributed by atoms with Gasteiger partial charge >= 0.3 is 6.85 Å². The second-order valence-electron chi connectivity index (χ2n) is 21.3. The van der Waals surface area contributed by atoms with Gasteiger partial charge in [-0.2, -0.15) is 0 Å². The minimum absolute atomic E-state index is 0.0255. The minimum atomic E-state index is -0.516. The van der Waals surface area contributed by atoms with E-state index >= 15 is 0 Å². The fraction of sp³-hybridized carbons (Fsp3) is 0.156. The highest BCUT2D eigenvalue weighted by atomic mass is 15.2. The lowest BCUT2D eigenvalue weighted by Gasteiger charge is -2.51. The lowest BCUT2D eigenvalue weighted by atomic mass is 9.42. The Balaban J connectivity index is 1.15. The van der Waals surface area contributed by atoms with Crippen LogP contribution in [0.1, 0.15) is 84.7 Å². The van der Waals surface area contributed by atoms with E-state index in [1.807, 2.05) is 0 Å². The van der Waals surface area contributed by atoms with Crippen LogP contribution in [0, 0.1) is 13.8 Å². The topological polar surface area (TPSA) is 6.48 Å². The van der Waals surface area contributed by atoms with E-state index in [0.29, 0.717) is 0 Å². The summed E-state index contributed by atoms with van der Waals surface area (Å²) in [6.07, 6.45) is 0. The van der Waals surface area contributed by atoms with E-state index in [1.165, 1.54) is 134 Å². The highest BCUT2D eigenvalue weighted by Gasteiger charge is 2.56. The molecular weight excluding hydrogens is 808 g/mol. The fourth-order valence-corrected chi connectivity index (χ4v) is 13.5. The van der Waals surface area contributed by atoms with Crippen molar-refractivity contribution in [1.82, 2.24) is 0 Å². The van der Waals surface area contributed by atoms with Crippen molar-refractivity contribution in [3.05, 3.63) is 232 Å². The molecule has 0 unspecified atom stereocenters. The average Bonchev–Trinajstić information content (AvgIpc) is 3.75. The van der Waals surface area contributed by atoms with Gasteiger partial charge in [0.1, 0.15) is 0 Å². The Morgan fingerprint density at radius 2 is 1.03 bits per heavy atom. The first-order valence-corrected chi connectivity index (χ1v) is 24.1. The first kappa shape index (κ1) is 38.9. The zero-order chi connectivity index (χ0) is 45.3. The normalized spacial score (nSPS) is 15.5. The number of aryl methyl sites for hydroxylation is 2. The molecule has 320 valence electrons. The smallest absolute Gasteiger partial charge is 0.333 e. The molecule has 0 aromatic heterocycles. The molecule has 0 saturated heterocycles. The van der Waals surface area contributed by atoms with Crippen molar-refractivity contribution in [1.29, 1.82) is 0 Å². The molecule has 3 heteroatoms. The molecule has 0 fully saturated rings. The van der Waals surface area contributed by atoms with Gasteiger partial charge in [0.05, 0.1) is 11.1 Å². The number of para-hydroxylation sites is 2. The molecule has 1 spiro atoms. The Morgan fingerprint density at radius 3 is 1.70 bits per heavy atom. The fourth-order valence-electron chi connectivity index (χ4n) is 13.5. The maximum Gasteiger partial charge on any atom is 0.333 e. The summed E-state index contributed by atoms with van der Waals surface area (Å²) in [5.41, 5.74) is 30.9. The molecule has 14 rings (SSSR count). The summed E-state index contributed by atoms with van der Waals surface area (Å²) < 4.78 is 0. The SMILES string of the molecule is Cc1cccc(C)c1-c1cc2c3c(c1)N1c4ccccc4C4(c5ccccc5-c5ccccc54)c4cccc(c41)B3N(c1ccc(C(C)(C)C)cc1)c1cc3c(cc1-2)C(C)(C)c1ccccc1-3. The number of hydrogen-bond donors (Lipinski definition) is 0. The molecule has 0 amide bonds. The van der Waals surface area contributed by atoms with Crippen LogP contribution in [0.2, 0.25) is 0 Å². The lowest BCUT2D eigenvalue weighted by molar-refractivity contribution is 0.590. The van der Waals surface area contributed by atoms with Gasteiger partial charge in [-0.05, 0) is 162 Å². The second-order valence-corrected chi connectivity index (χ2v) is 21.3. The molecular formula is C64H51BN2. The van der Waals surface area contributed by atoms with Crippen LogP contribution in [0.5, 0.6) is 0 Å². The summed E-state index contributed by atoms with van der Waals surface area (Å²) in [5.74, 6) is 0. The molecule has 3 heterocycles. The average molecular weight is 859 g/mol. The van der Waals surface area contributed by atoms with Gasteiger partial charge in [-0.15, -0.1) is 0 Å². The molecule has 0 N–H and O–H groups in total. The van der Waals surface area contributed by atoms with Crippen molar-refractivity contribution in [3.8, 4) is 44.5 Å². The molecule has 9 aromatic carbocycles. The molecule has 2 aliphatic carbocycles. The first-order chi connectivity index (χ1) is 32.5. The van der Waals surface area contributed by atoms with Crippen molar-refractivity contribution in [3.63, 3.8) is 0 Å². The van der Waals surface area contributed by atoms with E-state index in [4.69, 9.17) is 0 Å². The summed E-state index contributed by atoms with van der Waals surface area (Å²) in [5, 5.41) is 0. The van der Waals surface area contributed by atoms with Crippen LogP contribution in [0.4, 0.5) is 28.4 Å². The van der Waals surface area contributed by atoms with Crippen LogP contribution >= 0.6 is 0 Å². The van der Waals surface area contributed by atoms with E-state index in [2.05, 4.69) is 240 Å². The van der Waals surface area contributed by atoms with Crippen molar-refractivity contribution >= 4 is 46.2 Å². The van der Waals surface area contributed by atoms with Crippen LogP contribution in [0.15, 0.2) is 182 Å². The van der Waals surface area contributed by atoms with E-state index in [-0.39, 0.29) is 17.7 Å². The second kappa shape index (κ2) is 13.2. The van der Waals surface area contributed by atoms with Crippen molar-refractivity contribution in [2.45, 2.75) is 64.7 Å². The molecule has 0 bridgehead atoms. The van der Waals surface area contributed by atoms with Gasteiger partial charge in [0.2, 0.25) is 0 Å². The monoisotopic (exact) mass is 858 g/mol. The van der Waals surface area contributed by atoms with E-state index < -0.39 is 5.41 Å². The zero-order valence-electron chi connectivity index (χ0n) is 39.3. The highest BCUT2D eigenvalue weighted by Crippen LogP contribution is 2.64. The first-order valence-electron chi connectivity index (χ1n) is 24.1. The van der Waals surface area contributed by atoms with Crippen molar-refractivity contribution in [2.75, 3.05) is 9.71 Å². The van der Waals surface area contributed by atoms with Gasteiger partial charge in [-0.25, -0.2) is 0 Å². The number of anilines is 5. The highest BCUT2D eigenvalue weighted by molar-refractivity contribution is 6.93. The van der Waals surface area contributed by atoms with Crippen LogP contribution in [-0.2, 0) is 16.2 Å². The summed E-state index contributed by atoms with van der Waals surface area (Å²) in [6, 6.07) is 70.6. The van der Waals surface area contributed by atoms with E-state index in [0.717, 1.165) is 0 Å². The predicted molar refractivity (Wildman–Crippen MR) is 282 cm³/mol. The van der Waals surface area contributed by atoms with Gasteiger partial charge in [0.25, 0.3) is 0 Å². The lowest BCUT2D eigenvalue weighted by Crippen LogP contribution is -2.62. The van der Waals surface area contributed by atoms with Gasteiger partial charge in [-0.1, -0.05) is 174 Å². The van der Waals surface area contributed by atoms with E-state index in [1.54, 1.807) is 0 Å². The molecule has 2 nitrogen and oxygen atoms in total. The molecule has 0 saturated carbocycles. The van der Waals surface area contributed by atoms with Crippen LogP contribution in [0.3, 0.4) is 0 Å². The Hall–Kier alpha value is -7.36. The number of hydrogen-bond acceptors (Lipinski definition) is 2. The maximum absolute atomic E-state index is 2.72. The van der Waals surface area contributed by atoms with Crippen LogP contribution < -0.4 is 20.6 Å². The summed E-state index contributed by atoms with van der Waals surface area (Å²) in [6.45, 7) is 16.2. The maximum atomic E-state index is 2.72. The number of nitrogens with zero attached hydrogens (tertiary/aromatic N) is 2. The summed E-state index contributed by atoms with van der Waals surface area (Å²) in [7, 11) is 0. The molecule has 9 aromatic rings. The third-order valence-corrected chi connectivity index (χ3v) is 16.5. The quantitative estimate of drug-likeness (QED) is 0.160. The predicted octanol–water partition coefficient (Wildman–Crippen LogP) is 15.0. The molecule has 5 aliphatic rings. The summed E-state index contributed by atoms with van der Waals surface area (Å²) >= 11 is 0. The van der Waals surface area contributed by atoms with Crippen LogP contribution in [0.25, 0.3) is 44.5 Å². The summed E-state index contributed by atoms with van der Waals surface area (Å²) in [4.78, 5) is 5.40. The molecule has 3 aliphatic heterocycles. The standard InChI is InChI=1S/C64H51BN2/c1-38-18-16-19-39(2)59(38)40-34-48-47-36-54-46(45-22-8-11-23-49(45)63(54,6)7)37-57(47)67(42-32-30-41(31-33-42)62(3,4)5)65-55-28-17-27-53-61(55)66(58(35-40)60(48)65)56-29-15-14-26-52(56)64(53)50-24-12-9-20-43(50)44-21-10-13-25-51(44)64/h8-37H,1-7H3. The zero-order valence-corrected chi connectivity index (χ0v) is 39.3. The van der Waals surface area contributed by atoms with Gasteiger partial charge in [-0.3, -0.25) is 0 Å². The molecule has 0 radical (unpaired) electrons. The number of rotatable bonds is 2. The Kier molecular flexibility index (Phi) is 7.64. The van der Waals surface area contributed by atoms with Crippen LogP contribution in [-0.4, -0.2) is 6.85 Å². The Morgan fingerprint density at radius 1 is 0.448 bits per heavy atom. The van der Waals surface area contributed by atoms with Gasteiger partial charge in [0.15, 0.2) is 0 Å². The van der Waals surface area contributed by atoms with Crippen molar-refractivity contribution in [2.24, 2.45) is 0 Å². The van der Waals surface area contributed by atoms with Gasteiger partial charge in [0, 0.05) is 33.7 Å². The molecule has 0 atom stereocenters. The number of fused-ring (bicyclic) bond motifs is 16. The van der Waals surface area contributed by atoms with E-state index in [9.17, 15) is 0 Å². The Labute approximate surface area is 395 Å². The third-order valence-electron chi connectivity index (χ3n) is 16.5. The Bertz CT molecular complexity index is 3580. The van der Waals surface area contributed by atoms with Crippen molar-refractivity contribution < 1.29 is 0 Å². The number of benzene rings is 9. The third kappa shape index (κ3) is 4.87. The van der Waals surface area contributed by atoms with Gasteiger partial charge < -0.3 is 9.71 Å². The largest absolute Gasteiger partial charge is 0.376 e. The minimum Gasteiger partial charge on any atom is -0.376 e.